The van der Waals surface area contributed by atoms with Crippen molar-refractivity contribution in [2.45, 2.75) is 37.8 Å². The van der Waals surface area contributed by atoms with E-state index in [2.05, 4.69) is 57.7 Å². The molecule has 0 aliphatic heterocycles. The van der Waals surface area contributed by atoms with Crippen LogP contribution in [0.4, 0.5) is 9.59 Å². The maximum atomic E-state index is 13.8. The van der Waals surface area contributed by atoms with Gasteiger partial charge < -0.3 is 39.3 Å². The molecule has 0 spiro atoms. The van der Waals surface area contributed by atoms with Crippen LogP contribution in [0.5, 0.6) is 0 Å². The Morgan fingerprint density at radius 2 is 1.10 bits per heavy atom. The van der Waals surface area contributed by atoms with Crippen LogP contribution < -0.4 is 10.6 Å². The summed E-state index contributed by atoms with van der Waals surface area (Å²) < 4.78 is 24.6. The second kappa shape index (κ2) is 23.9. The molecule has 8 rings (SSSR count). The van der Waals surface area contributed by atoms with Crippen molar-refractivity contribution in [3.63, 3.8) is 0 Å². The molecule has 0 bridgehead atoms. The number of carboxylic acids is 1. The van der Waals surface area contributed by atoms with Gasteiger partial charge in [0.1, 0.15) is 19.8 Å². The number of hydrazine groups is 1. The Labute approximate surface area is 413 Å². The lowest BCUT2D eigenvalue weighted by molar-refractivity contribution is -0.138. The van der Waals surface area contributed by atoms with Crippen LogP contribution >= 0.6 is 0 Å². The van der Waals surface area contributed by atoms with E-state index in [1.165, 1.54) is 9.91 Å². The number of amides is 4. The molecule has 1 aromatic heterocycles. The molecule has 0 radical (unpaired) electrons. The molecule has 0 saturated heterocycles. The lowest BCUT2D eigenvalue weighted by atomic mass is 9.98. The number of hydrogen-bond acceptors (Lipinski definition) is 10. The number of hydrogen-bond donors (Lipinski definition) is 3. The van der Waals surface area contributed by atoms with Crippen LogP contribution in [-0.2, 0) is 46.4 Å². The Morgan fingerprint density at radius 3 is 1.68 bits per heavy atom. The Balaban J connectivity index is 0.848. The summed E-state index contributed by atoms with van der Waals surface area (Å²) in [5, 5.41) is 18.7. The van der Waals surface area contributed by atoms with Crippen molar-refractivity contribution in [2.24, 2.45) is 0 Å². The van der Waals surface area contributed by atoms with Gasteiger partial charge in [-0.2, -0.15) is 0 Å². The zero-order chi connectivity index (χ0) is 49.7. The van der Waals surface area contributed by atoms with E-state index in [1.54, 1.807) is 12.1 Å². The molecule has 370 valence electrons. The summed E-state index contributed by atoms with van der Waals surface area (Å²) in [5.41, 5.74) is 10.7. The summed E-state index contributed by atoms with van der Waals surface area (Å²) in [5.74, 6) is -1.89. The largest absolute Gasteiger partial charge is 0.481 e. The van der Waals surface area contributed by atoms with Gasteiger partial charge in [-0.15, -0.1) is 0 Å². The molecule has 5 aromatic carbocycles. The number of rotatable bonds is 24. The topological polar surface area (TPSA) is 181 Å². The van der Waals surface area contributed by atoms with Crippen molar-refractivity contribution >= 4 is 40.9 Å². The number of ether oxygens (including phenoxy) is 4. The lowest BCUT2D eigenvalue weighted by Gasteiger charge is -2.28. The zero-order valence-electron chi connectivity index (χ0n) is 40.1. The van der Waals surface area contributed by atoms with Gasteiger partial charge in [0.25, 0.3) is 0 Å². The molecule has 4 amide bonds. The fourth-order valence-electron chi connectivity index (χ4n) is 9.36. The summed E-state index contributed by atoms with van der Waals surface area (Å²) in [6.07, 6.45) is -1.16. The van der Waals surface area contributed by atoms with E-state index in [0.29, 0.717) is 13.1 Å². The summed E-state index contributed by atoms with van der Waals surface area (Å²) in [7, 11) is 3.49. The van der Waals surface area contributed by atoms with Gasteiger partial charge in [0.2, 0.25) is 11.8 Å². The van der Waals surface area contributed by atoms with Gasteiger partial charge in [-0.3, -0.25) is 19.3 Å². The van der Waals surface area contributed by atoms with Crippen molar-refractivity contribution in [3.05, 3.63) is 155 Å². The number of nitrogens with zero attached hydrogens (tertiary/aromatic N) is 4. The van der Waals surface area contributed by atoms with Gasteiger partial charge in [0, 0.05) is 69.7 Å². The molecule has 16 nitrogen and oxygen atoms in total. The number of nitrogens with one attached hydrogen (secondary N) is 2. The third-order valence-electron chi connectivity index (χ3n) is 13.0. The third-order valence-corrected chi connectivity index (χ3v) is 13.0. The molecule has 0 atom stereocenters. The highest BCUT2D eigenvalue weighted by Crippen LogP contribution is 2.45. The lowest BCUT2D eigenvalue weighted by Crippen LogP contribution is -2.45. The number of aromatic nitrogens is 1. The molecule has 16 heteroatoms. The van der Waals surface area contributed by atoms with Crippen LogP contribution in [0.1, 0.15) is 52.6 Å². The first-order chi connectivity index (χ1) is 34.6. The highest BCUT2D eigenvalue weighted by Gasteiger charge is 2.32. The standard InChI is InChI=1S/C55H60N6O10/c1-58(59(2)54(66)70-36-48-44-18-8-4-14-40(44)41-15-5-9-19-45(41)48)34-39-33-38-13-3-12-22-50(38)61(39)27-23-51(62)56-25-28-60(35-52(63)57-26-30-69-32-31-68-29-24-53(64)65)55(67)71-37-49-46-20-10-6-16-42(46)43-17-7-11-21-47(43)49/h3-22,33,48-49H,23-32,34-37H2,1-2H3,(H,56,62)(H,57,63)(H,64,65). The Hall–Kier alpha value is -7.53. The molecule has 6 aromatic rings. The van der Waals surface area contributed by atoms with Crippen molar-refractivity contribution in [2.75, 3.05) is 79.9 Å². The van der Waals surface area contributed by atoms with E-state index in [-0.39, 0.29) is 96.4 Å². The number of carbonyl (C=O) groups is 5. The molecular weight excluding hydrogens is 905 g/mol. The van der Waals surface area contributed by atoms with Crippen LogP contribution in [0, 0.1) is 0 Å². The zero-order valence-corrected chi connectivity index (χ0v) is 40.1. The number of carboxylic acid groups (broad SMARTS) is 1. The summed E-state index contributed by atoms with van der Waals surface area (Å²) in [6.45, 7) is 1.56. The first kappa shape index (κ1) is 49.9. The molecule has 3 N–H and O–H groups in total. The van der Waals surface area contributed by atoms with E-state index < -0.39 is 24.1 Å². The number of aryl methyl sites for hydroxylation is 1. The van der Waals surface area contributed by atoms with Gasteiger partial charge in [-0.25, -0.2) is 19.6 Å². The van der Waals surface area contributed by atoms with Crippen LogP contribution in [0.2, 0.25) is 0 Å². The van der Waals surface area contributed by atoms with E-state index in [0.717, 1.165) is 61.1 Å². The smallest absolute Gasteiger partial charge is 0.424 e. The molecule has 1 heterocycles. The molecule has 2 aliphatic rings. The number of para-hydroxylation sites is 1. The van der Waals surface area contributed by atoms with Crippen molar-refractivity contribution in [1.82, 2.24) is 30.1 Å². The average Bonchev–Trinajstić information content (AvgIpc) is 4.02. The maximum Gasteiger partial charge on any atom is 0.424 e. The van der Waals surface area contributed by atoms with Crippen LogP contribution in [0.15, 0.2) is 127 Å². The van der Waals surface area contributed by atoms with E-state index >= 15 is 0 Å². The monoisotopic (exact) mass is 964 g/mol. The van der Waals surface area contributed by atoms with E-state index in [9.17, 15) is 24.0 Å². The van der Waals surface area contributed by atoms with Crippen LogP contribution in [0.25, 0.3) is 33.2 Å². The quantitative estimate of drug-likeness (QED) is 0.0411. The fourth-order valence-corrected chi connectivity index (χ4v) is 9.36. The van der Waals surface area contributed by atoms with Gasteiger partial charge in [-0.05, 0) is 62.0 Å². The Morgan fingerprint density at radius 1 is 0.592 bits per heavy atom. The molecular formula is C55H60N6O10. The Kier molecular flexibility index (Phi) is 16.8. The second-order valence-electron chi connectivity index (χ2n) is 17.5. The number of benzene rings is 5. The normalized spacial score (nSPS) is 12.5. The minimum Gasteiger partial charge on any atom is -0.481 e. The predicted molar refractivity (Wildman–Crippen MR) is 267 cm³/mol. The highest BCUT2D eigenvalue weighted by atomic mass is 16.6. The molecule has 0 fully saturated rings. The number of carbonyl (C=O) groups excluding carboxylic acids is 4. The van der Waals surface area contributed by atoms with Gasteiger partial charge >= 0.3 is 18.2 Å². The number of aliphatic carboxylic acids is 1. The van der Waals surface area contributed by atoms with E-state index in [4.69, 9.17) is 24.1 Å². The first-order valence-corrected chi connectivity index (χ1v) is 23.9. The van der Waals surface area contributed by atoms with Crippen molar-refractivity contribution < 1.29 is 48.0 Å². The number of fused-ring (bicyclic) bond motifs is 7. The van der Waals surface area contributed by atoms with Gasteiger partial charge in [0.15, 0.2) is 0 Å². The second-order valence-corrected chi connectivity index (χ2v) is 17.5. The van der Waals surface area contributed by atoms with Crippen molar-refractivity contribution in [3.8, 4) is 22.3 Å². The molecule has 0 saturated carbocycles. The minimum absolute atomic E-state index is 0.00468. The summed E-state index contributed by atoms with van der Waals surface area (Å²) in [6, 6.07) is 42.4. The summed E-state index contributed by atoms with van der Waals surface area (Å²) >= 11 is 0. The van der Waals surface area contributed by atoms with Gasteiger partial charge in [0.05, 0.1) is 39.4 Å². The minimum atomic E-state index is -0.945. The van der Waals surface area contributed by atoms with E-state index in [1.807, 2.05) is 92.0 Å². The highest BCUT2D eigenvalue weighted by molar-refractivity contribution is 5.84. The summed E-state index contributed by atoms with van der Waals surface area (Å²) in [4.78, 5) is 65.9. The SMILES string of the molecule is CN(Cc1cc2ccccc2n1CCC(=O)NCCN(CC(=O)NCCOCCOCCC(=O)O)C(=O)OCC1c2ccccc2-c2ccccc21)N(C)C(=O)OCC1c2ccccc2-c2ccccc21. The Bertz CT molecular complexity index is 2760. The van der Waals surface area contributed by atoms with Crippen LogP contribution in [-0.4, -0.2) is 134 Å². The molecule has 0 unspecified atom stereocenters. The third kappa shape index (κ3) is 12.3. The first-order valence-electron chi connectivity index (χ1n) is 23.9. The average molecular weight is 965 g/mol. The van der Waals surface area contributed by atoms with Crippen molar-refractivity contribution in [1.29, 1.82) is 0 Å². The maximum absolute atomic E-state index is 13.8. The predicted octanol–water partition coefficient (Wildman–Crippen LogP) is 7.25. The van der Waals surface area contributed by atoms with Gasteiger partial charge in [-0.1, -0.05) is 115 Å². The van der Waals surface area contributed by atoms with Crippen LogP contribution in [0.3, 0.4) is 0 Å². The molecule has 71 heavy (non-hydrogen) atoms. The molecule has 2 aliphatic carbocycles. The fraction of sp³-hybridized carbons (Fsp3) is 0.327.